The first-order valence-corrected chi connectivity index (χ1v) is 11.3. The highest BCUT2D eigenvalue weighted by Gasteiger charge is 2.25. The van der Waals surface area contributed by atoms with Crippen molar-refractivity contribution in [1.82, 2.24) is 9.47 Å². The van der Waals surface area contributed by atoms with E-state index >= 15 is 0 Å². The number of ether oxygens (including phenoxy) is 1. The maximum atomic E-state index is 13.2. The lowest BCUT2D eigenvalue weighted by Gasteiger charge is -2.29. The first-order chi connectivity index (χ1) is 14.8. The number of nitrogens with zero attached hydrogens (tertiary/aromatic N) is 2. The van der Waals surface area contributed by atoms with E-state index in [0.717, 1.165) is 17.5 Å². The number of rotatable bonds is 4. The van der Waals surface area contributed by atoms with Gasteiger partial charge in [-0.25, -0.2) is 0 Å². The van der Waals surface area contributed by atoms with Crippen molar-refractivity contribution in [3.8, 4) is 0 Å². The Morgan fingerprint density at radius 3 is 2.37 bits per heavy atom. The minimum Gasteiger partial charge on any atom is -0.378 e. The highest BCUT2D eigenvalue weighted by atomic mass is 16.5. The molecule has 30 heavy (non-hydrogen) atoms. The van der Waals surface area contributed by atoms with E-state index in [4.69, 9.17) is 4.74 Å². The van der Waals surface area contributed by atoms with Gasteiger partial charge in [-0.2, -0.15) is 0 Å². The van der Waals surface area contributed by atoms with Crippen LogP contribution in [0.15, 0.2) is 60.8 Å². The van der Waals surface area contributed by atoms with Gasteiger partial charge < -0.3 is 14.2 Å². The Morgan fingerprint density at radius 2 is 1.60 bits per heavy atom. The molecular weight excluding hydrogens is 372 g/mol. The number of hydrogen-bond acceptors (Lipinski definition) is 2. The van der Waals surface area contributed by atoms with Gasteiger partial charge in [-0.1, -0.05) is 48.5 Å². The van der Waals surface area contributed by atoms with Crippen LogP contribution >= 0.6 is 0 Å². The van der Waals surface area contributed by atoms with Crippen molar-refractivity contribution in [2.45, 2.75) is 38.1 Å². The third-order valence-electron chi connectivity index (χ3n) is 6.89. The van der Waals surface area contributed by atoms with E-state index in [-0.39, 0.29) is 5.91 Å². The van der Waals surface area contributed by atoms with Crippen LogP contribution in [0.4, 0.5) is 0 Å². The molecule has 0 N–H and O–H groups in total. The number of hydrogen-bond donors (Lipinski definition) is 0. The van der Waals surface area contributed by atoms with Crippen LogP contribution in [0.1, 0.15) is 47.5 Å². The van der Waals surface area contributed by atoms with E-state index in [1.165, 1.54) is 36.8 Å². The van der Waals surface area contributed by atoms with Gasteiger partial charge in [0.1, 0.15) is 0 Å². The van der Waals surface area contributed by atoms with Gasteiger partial charge in [0, 0.05) is 36.7 Å². The molecule has 1 aromatic heterocycles. The van der Waals surface area contributed by atoms with Crippen molar-refractivity contribution in [3.05, 3.63) is 71.9 Å². The zero-order chi connectivity index (χ0) is 20.3. The second kappa shape index (κ2) is 8.65. The van der Waals surface area contributed by atoms with Crippen LogP contribution in [0.3, 0.4) is 0 Å². The van der Waals surface area contributed by atoms with Crippen molar-refractivity contribution >= 4 is 16.8 Å². The SMILES string of the molecule is O=C(c1cn(CC2CCC(c3ccccc3)CC2)c2ccccc12)N1CCOCC1. The number of aromatic nitrogens is 1. The Balaban J connectivity index is 1.32. The number of benzene rings is 2. The summed E-state index contributed by atoms with van der Waals surface area (Å²) >= 11 is 0. The molecular formula is C26H30N2O2. The van der Waals surface area contributed by atoms with E-state index in [2.05, 4.69) is 59.3 Å². The first-order valence-electron chi connectivity index (χ1n) is 11.3. The van der Waals surface area contributed by atoms with E-state index in [9.17, 15) is 4.79 Å². The van der Waals surface area contributed by atoms with Gasteiger partial charge in [-0.05, 0) is 49.1 Å². The number of carbonyl (C=O) groups excluding carboxylic acids is 1. The summed E-state index contributed by atoms with van der Waals surface area (Å²) < 4.78 is 7.75. The van der Waals surface area contributed by atoms with Gasteiger partial charge in [-0.3, -0.25) is 4.79 Å². The summed E-state index contributed by atoms with van der Waals surface area (Å²) in [6, 6.07) is 19.3. The van der Waals surface area contributed by atoms with Crippen LogP contribution in [0.5, 0.6) is 0 Å². The van der Waals surface area contributed by atoms with E-state index < -0.39 is 0 Å². The normalized spacial score (nSPS) is 22.3. The minimum atomic E-state index is 0.140. The Hall–Kier alpha value is -2.59. The lowest BCUT2D eigenvalue weighted by atomic mass is 9.78. The highest BCUT2D eigenvalue weighted by molar-refractivity contribution is 6.07. The fraction of sp³-hybridized carbons (Fsp3) is 0.423. The summed E-state index contributed by atoms with van der Waals surface area (Å²) in [4.78, 5) is 15.1. The number of carbonyl (C=O) groups is 1. The van der Waals surface area contributed by atoms with Crippen molar-refractivity contribution in [1.29, 1.82) is 0 Å². The molecule has 0 spiro atoms. The topological polar surface area (TPSA) is 34.5 Å². The van der Waals surface area contributed by atoms with Gasteiger partial charge in [0.25, 0.3) is 5.91 Å². The molecule has 0 unspecified atom stereocenters. The lowest BCUT2D eigenvalue weighted by molar-refractivity contribution is 0.0304. The predicted octanol–water partition coefficient (Wildman–Crippen LogP) is 5.09. The van der Waals surface area contributed by atoms with Gasteiger partial charge >= 0.3 is 0 Å². The van der Waals surface area contributed by atoms with Crippen LogP contribution in [0, 0.1) is 5.92 Å². The van der Waals surface area contributed by atoms with Crippen LogP contribution in [-0.4, -0.2) is 41.7 Å². The smallest absolute Gasteiger partial charge is 0.256 e. The summed E-state index contributed by atoms with van der Waals surface area (Å²) in [5.74, 6) is 1.51. The Kier molecular flexibility index (Phi) is 5.58. The van der Waals surface area contributed by atoms with E-state index in [0.29, 0.717) is 38.1 Å². The van der Waals surface area contributed by atoms with E-state index in [1.807, 2.05) is 11.0 Å². The molecule has 0 bridgehead atoms. The molecule has 0 atom stereocenters. The fourth-order valence-corrected chi connectivity index (χ4v) is 5.19. The highest BCUT2D eigenvalue weighted by Crippen LogP contribution is 2.37. The molecule has 0 radical (unpaired) electrons. The molecule has 1 aliphatic carbocycles. The average molecular weight is 403 g/mol. The standard InChI is InChI=1S/C26H30N2O2/c29-26(27-14-16-30-17-15-27)24-19-28(25-9-5-4-8-23(24)25)18-20-10-12-22(13-11-20)21-6-2-1-3-7-21/h1-9,19-20,22H,10-18H2. The summed E-state index contributed by atoms with van der Waals surface area (Å²) in [7, 11) is 0. The molecule has 1 amide bonds. The third kappa shape index (κ3) is 3.89. The molecule has 2 aromatic carbocycles. The van der Waals surface area contributed by atoms with Crippen LogP contribution in [0.2, 0.25) is 0 Å². The van der Waals surface area contributed by atoms with E-state index in [1.54, 1.807) is 0 Å². The zero-order valence-electron chi connectivity index (χ0n) is 17.5. The number of fused-ring (bicyclic) bond motifs is 1. The van der Waals surface area contributed by atoms with Crippen LogP contribution in [-0.2, 0) is 11.3 Å². The van der Waals surface area contributed by atoms with Gasteiger partial charge in [0.05, 0.1) is 18.8 Å². The quantitative estimate of drug-likeness (QED) is 0.609. The van der Waals surface area contributed by atoms with Crippen molar-refractivity contribution in [3.63, 3.8) is 0 Å². The molecule has 1 aliphatic heterocycles. The molecule has 4 heteroatoms. The largest absolute Gasteiger partial charge is 0.378 e. The Morgan fingerprint density at radius 1 is 0.900 bits per heavy atom. The second-order valence-corrected chi connectivity index (χ2v) is 8.75. The molecule has 156 valence electrons. The van der Waals surface area contributed by atoms with Crippen molar-refractivity contribution in [2.75, 3.05) is 26.3 Å². The minimum absolute atomic E-state index is 0.140. The molecule has 1 saturated carbocycles. The summed E-state index contributed by atoms with van der Waals surface area (Å²) in [6.45, 7) is 3.63. The molecule has 5 rings (SSSR count). The van der Waals surface area contributed by atoms with Crippen molar-refractivity contribution < 1.29 is 9.53 Å². The first kappa shape index (κ1) is 19.4. The molecule has 1 saturated heterocycles. The molecule has 2 fully saturated rings. The second-order valence-electron chi connectivity index (χ2n) is 8.75. The zero-order valence-corrected chi connectivity index (χ0v) is 17.5. The summed E-state index contributed by atoms with van der Waals surface area (Å²) in [6.07, 6.45) is 7.12. The Labute approximate surface area is 178 Å². The van der Waals surface area contributed by atoms with Crippen LogP contribution in [0.25, 0.3) is 10.9 Å². The molecule has 4 nitrogen and oxygen atoms in total. The maximum Gasteiger partial charge on any atom is 0.256 e. The van der Waals surface area contributed by atoms with Gasteiger partial charge in [0.2, 0.25) is 0 Å². The number of para-hydroxylation sites is 1. The monoisotopic (exact) mass is 402 g/mol. The fourth-order valence-electron chi connectivity index (χ4n) is 5.19. The van der Waals surface area contributed by atoms with Gasteiger partial charge in [-0.15, -0.1) is 0 Å². The number of morpholine rings is 1. The molecule has 2 aliphatic rings. The third-order valence-corrected chi connectivity index (χ3v) is 6.89. The Bertz CT molecular complexity index is 996. The van der Waals surface area contributed by atoms with Crippen LogP contribution < -0.4 is 0 Å². The van der Waals surface area contributed by atoms with Crippen molar-refractivity contribution in [2.24, 2.45) is 5.92 Å². The summed E-state index contributed by atoms with van der Waals surface area (Å²) in [5.41, 5.74) is 3.51. The van der Waals surface area contributed by atoms with Gasteiger partial charge in [0.15, 0.2) is 0 Å². The number of amides is 1. The summed E-state index contributed by atoms with van der Waals surface area (Å²) in [5, 5.41) is 1.08. The molecule has 2 heterocycles. The average Bonchev–Trinajstić information content (AvgIpc) is 3.19. The maximum absolute atomic E-state index is 13.2. The molecule has 3 aromatic rings. The lowest BCUT2D eigenvalue weighted by Crippen LogP contribution is -2.40. The predicted molar refractivity (Wildman–Crippen MR) is 120 cm³/mol.